The number of hydrogen-bond acceptors (Lipinski definition) is 4. The molecule has 0 aliphatic heterocycles. The molecule has 1 amide bonds. The van der Waals surface area contributed by atoms with Crippen LogP contribution in [0.3, 0.4) is 0 Å². The summed E-state index contributed by atoms with van der Waals surface area (Å²) >= 11 is 5.82. The number of amides is 1. The molecule has 0 radical (unpaired) electrons. The largest absolute Gasteiger partial charge is 0.482 e. The van der Waals surface area contributed by atoms with Crippen LogP contribution in [-0.4, -0.2) is 23.5 Å². The van der Waals surface area contributed by atoms with Crippen LogP contribution in [0.5, 0.6) is 5.75 Å². The molecular formula is C11H11ClN2O4. The number of benzene rings is 1. The van der Waals surface area contributed by atoms with Crippen molar-refractivity contribution in [3.05, 3.63) is 33.3 Å². The number of nitro groups is 1. The van der Waals surface area contributed by atoms with Crippen LogP contribution < -0.4 is 10.1 Å². The van der Waals surface area contributed by atoms with E-state index in [-0.39, 0.29) is 35.0 Å². The van der Waals surface area contributed by atoms with Gasteiger partial charge in [-0.15, -0.1) is 0 Å². The van der Waals surface area contributed by atoms with E-state index >= 15 is 0 Å². The maximum Gasteiger partial charge on any atom is 0.273 e. The van der Waals surface area contributed by atoms with Gasteiger partial charge in [0.05, 0.1) is 16.0 Å². The minimum Gasteiger partial charge on any atom is -0.482 e. The van der Waals surface area contributed by atoms with Gasteiger partial charge in [-0.25, -0.2) is 0 Å². The number of nitro benzene ring substituents is 1. The Bertz CT molecular complexity index is 488. The molecule has 0 bridgehead atoms. The normalized spacial score (nSPS) is 14.1. The molecule has 1 aliphatic carbocycles. The molecule has 0 unspecified atom stereocenters. The molecular weight excluding hydrogens is 260 g/mol. The average molecular weight is 271 g/mol. The summed E-state index contributed by atoms with van der Waals surface area (Å²) in [5.41, 5.74) is -0.128. The van der Waals surface area contributed by atoms with E-state index in [4.69, 9.17) is 16.3 Å². The van der Waals surface area contributed by atoms with Gasteiger partial charge >= 0.3 is 0 Å². The molecule has 7 heteroatoms. The first-order chi connectivity index (χ1) is 8.56. The topological polar surface area (TPSA) is 81.5 Å². The number of rotatable bonds is 5. The quantitative estimate of drug-likeness (QED) is 0.654. The van der Waals surface area contributed by atoms with E-state index in [1.54, 1.807) is 0 Å². The molecule has 1 fully saturated rings. The first-order valence-electron chi connectivity index (χ1n) is 5.42. The van der Waals surface area contributed by atoms with E-state index in [2.05, 4.69) is 5.32 Å². The fourth-order valence-electron chi connectivity index (χ4n) is 1.36. The van der Waals surface area contributed by atoms with Gasteiger partial charge in [-0.3, -0.25) is 14.9 Å². The van der Waals surface area contributed by atoms with Gasteiger partial charge in [0.2, 0.25) is 0 Å². The van der Waals surface area contributed by atoms with Crippen LogP contribution >= 0.6 is 11.6 Å². The summed E-state index contributed by atoms with van der Waals surface area (Å²) in [5, 5.41) is 13.6. The second kappa shape index (κ2) is 5.22. The molecule has 0 atom stereocenters. The summed E-state index contributed by atoms with van der Waals surface area (Å²) in [6.45, 7) is -0.197. The van der Waals surface area contributed by atoms with Gasteiger partial charge in [0.25, 0.3) is 11.6 Å². The zero-order valence-electron chi connectivity index (χ0n) is 9.39. The first-order valence-corrected chi connectivity index (χ1v) is 5.80. The van der Waals surface area contributed by atoms with Crippen molar-refractivity contribution in [3.63, 3.8) is 0 Å². The molecule has 0 heterocycles. The highest BCUT2D eigenvalue weighted by molar-refractivity contribution is 6.32. The molecule has 1 aliphatic rings. The molecule has 18 heavy (non-hydrogen) atoms. The third kappa shape index (κ3) is 3.33. The summed E-state index contributed by atoms with van der Waals surface area (Å²) in [6, 6.07) is 4.10. The zero-order chi connectivity index (χ0) is 13.1. The van der Waals surface area contributed by atoms with E-state index < -0.39 is 4.92 Å². The number of halogens is 1. The Morgan fingerprint density at radius 3 is 2.89 bits per heavy atom. The van der Waals surface area contributed by atoms with E-state index in [9.17, 15) is 14.9 Å². The van der Waals surface area contributed by atoms with Crippen molar-refractivity contribution in [3.8, 4) is 5.75 Å². The highest BCUT2D eigenvalue weighted by Crippen LogP contribution is 2.28. The summed E-state index contributed by atoms with van der Waals surface area (Å²) in [5.74, 6) is -0.114. The smallest absolute Gasteiger partial charge is 0.273 e. The van der Waals surface area contributed by atoms with Crippen LogP contribution in [-0.2, 0) is 4.79 Å². The van der Waals surface area contributed by atoms with Crippen molar-refractivity contribution < 1.29 is 14.5 Å². The molecule has 2 rings (SSSR count). The molecule has 0 saturated heterocycles. The highest BCUT2D eigenvalue weighted by Gasteiger charge is 2.23. The lowest BCUT2D eigenvalue weighted by Gasteiger charge is -2.07. The Kier molecular flexibility index (Phi) is 3.66. The Hall–Kier alpha value is -1.82. The third-order valence-corrected chi connectivity index (χ3v) is 2.74. The number of carbonyl (C=O) groups excluding carboxylic acids is 1. The average Bonchev–Trinajstić information content (AvgIpc) is 3.11. The predicted molar refractivity (Wildman–Crippen MR) is 64.8 cm³/mol. The van der Waals surface area contributed by atoms with E-state index in [1.807, 2.05) is 0 Å². The van der Waals surface area contributed by atoms with E-state index in [0.29, 0.717) is 0 Å². The predicted octanol–water partition coefficient (Wildman–Crippen LogP) is 1.91. The SMILES string of the molecule is O=C(COc1cc([N+](=O)[O-])ccc1Cl)NC1CC1. The number of non-ortho nitro benzene ring substituents is 1. The van der Waals surface area contributed by atoms with E-state index in [0.717, 1.165) is 12.8 Å². The van der Waals surface area contributed by atoms with Gasteiger partial charge in [0.1, 0.15) is 5.75 Å². The zero-order valence-corrected chi connectivity index (χ0v) is 10.1. The molecule has 0 aromatic heterocycles. The van der Waals surface area contributed by atoms with Crippen LogP contribution in [0.15, 0.2) is 18.2 Å². The van der Waals surface area contributed by atoms with Crippen molar-refractivity contribution in [1.82, 2.24) is 5.32 Å². The summed E-state index contributed by atoms with van der Waals surface area (Å²) in [4.78, 5) is 21.4. The van der Waals surface area contributed by atoms with Crippen molar-refractivity contribution in [1.29, 1.82) is 0 Å². The minimum absolute atomic E-state index is 0.128. The molecule has 1 aromatic carbocycles. The van der Waals surface area contributed by atoms with Gasteiger partial charge < -0.3 is 10.1 Å². The summed E-state index contributed by atoms with van der Waals surface area (Å²) in [6.07, 6.45) is 1.98. The van der Waals surface area contributed by atoms with Crippen molar-refractivity contribution in [2.75, 3.05) is 6.61 Å². The lowest BCUT2D eigenvalue weighted by Crippen LogP contribution is -2.30. The molecule has 1 saturated carbocycles. The van der Waals surface area contributed by atoms with Crippen molar-refractivity contribution in [2.24, 2.45) is 0 Å². The second-order valence-electron chi connectivity index (χ2n) is 4.00. The molecule has 1 aromatic rings. The van der Waals surface area contributed by atoms with Crippen LogP contribution in [0.1, 0.15) is 12.8 Å². The lowest BCUT2D eigenvalue weighted by atomic mass is 10.3. The van der Waals surface area contributed by atoms with Crippen LogP contribution in [0, 0.1) is 10.1 Å². The maximum absolute atomic E-state index is 11.4. The number of hydrogen-bond donors (Lipinski definition) is 1. The fourth-order valence-corrected chi connectivity index (χ4v) is 1.53. The third-order valence-electron chi connectivity index (χ3n) is 2.43. The molecule has 0 spiro atoms. The number of ether oxygens (including phenoxy) is 1. The Morgan fingerprint density at radius 2 is 2.28 bits per heavy atom. The number of nitrogens with one attached hydrogen (secondary N) is 1. The molecule has 6 nitrogen and oxygen atoms in total. The number of carbonyl (C=O) groups is 1. The van der Waals surface area contributed by atoms with Gasteiger partial charge in [0.15, 0.2) is 6.61 Å². The number of nitrogens with zero attached hydrogens (tertiary/aromatic N) is 1. The highest BCUT2D eigenvalue weighted by atomic mass is 35.5. The Labute approximate surface area is 108 Å². The van der Waals surface area contributed by atoms with Crippen LogP contribution in [0.2, 0.25) is 5.02 Å². The first kappa shape index (κ1) is 12.6. The molecule has 1 N–H and O–H groups in total. The maximum atomic E-state index is 11.4. The van der Waals surface area contributed by atoms with Gasteiger partial charge in [-0.2, -0.15) is 0 Å². The van der Waals surface area contributed by atoms with Gasteiger partial charge in [-0.05, 0) is 18.9 Å². The van der Waals surface area contributed by atoms with Gasteiger partial charge in [-0.1, -0.05) is 11.6 Å². The van der Waals surface area contributed by atoms with Crippen molar-refractivity contribution in [2.45, 2.75) is 18.9 Å². The Balaban J connectivity index is 1.96. The van der Waals surface area contributed by atoms with Gasteiger partial charge in [0, 0.05) is 12.1 Å². The minimum atomic E-state index is -0.548. The van der Waals surface area contributed by atoms with Crippen molar-refractivity contribution >= 4 is 23.2 Å². The second-order valence-corrected chi connectivity index (χ2v) is 4.41. The standard InChI is InChI=1S/C11H11ClN2O4/c12-9-4-3-8(14(16)17)5-10(9)18-6-11(15)13-7-1-2-7/h3-5,7H,1-2,6H2,(H,13,15). The summed E-state index contributed by atoms with van der Waals surface area (Å²) < 4.78 is 5.17. The fraction of sp³-hybridized carbons (Fsp3) is 0.364. The molecule has 96 valence electrons. The van der Waals surface area contributed by atoms with Crippen LogP contribution in [0.4, 0.5) is 5.69 Å². The monoisotopic (exact) mass is 270 g/mol. The summed E-state index contributed by atoms with van der Waals surface area (Å²) in [7, 11) is 0. The van der Waals surface area contributed by atoms with Crippen LogP contribution in [0.25, 0.3) is 0 Å². The lowest BCUT2D eigenvalue weighted by molar-refractivity contribution is -0.384. The Morgan fingerprint density at radius 1 is 1.56 bits per heavy atom. The van der Waals surface area contributed by atoms with E-state index in [1.165, 1.54) is 18.2 Å².